The highest BCUT2D eigenvalue weighted by Crippen LogP contribution is 2.27. The van der Waals surface area contributed by atoms with Gasteiger partial charge in [0.2, 0.25) is 5.91 Å². The Morgan fingerprint density at radius 1 is 1.17 bits per heavy atom. The number of aryl methyl sites for hydroxylation is 1. The quantitative estimate of drug-likeness (QED) is 0.852. The van der Waals surface area contributed by atoms with Crippen molar-refractivity contribution in [3.05, 3.63) is 59.7 Å². The van der Waals surface area contributed by atoms with Crippen LogP contribution in [-0.2, 0) is 11.2 Å². The fourth-order valence-corrected chi connectivity index (χ4v) is 3.11. The number of likely N-dealkylation sites (N-methyl/N-ethyl adjacent to an activating group) is 1. The summed E-state index contributed by atoms with van der Waals surface area (Å²) >= 11 is 0. The Bertz CT molecular complexity index is 748. The van der Waals surface area contributed by atoms with Crippen LogP contribution in [0.25, 0.3) is 0 Å². The van der Waals surface area contributed by atoms with E-state index in [1.54, 1.807) is 9.80 Å². The number of hydrogen-bond donors (Lipinski definition) is 0. The monoisotopic (exact) mass is 330 g/mol. The maximum absolute atomic E-state index is 13.5. The zero-order chi connectivity index (χ0) is 17.1. The van der Waals surface area contributed by atoms with Crippen LogP contribution < -0.4 is 9.80 Å². The third-order valence-corrected chi connectivity index (χ3v) is 4.39. The van der Waals surface area contributed by atoms with E-state index in [9.17, 15) is 13.6 Å². The molecule has 2 aromatic carbocycles. The summed E-state index contributed by atoms with van der Waals surface area (Å²) in [6, 6.07) is 11.6. The number of nitrogens with zero attached hydrogens (tertiary/aromatic N) is 2. The van der Waals surface area contributed by atoms with Gasteiger partial charge in [0, 0.05) is 30.5 Å². The van der Waals surface area contributed by atoms with Crippen molar-refractivity contribution < 1.29 is 13.6 Å². The van der Waals surface area contributed by atoms with Crippen molar-refractivity contribution >= 4 is 17.3 Å². The molecule has 0 aliphatic carbocycles. The van der Waals surface area contributed by atoms with Crippen LogP contribution >= 0.6 is 0 Å². The minimum Gasteiger partial charge on any atom is -0.362 e. The van der Waals surface area contributed by atoms with Crippen LogP contribution in [0.2, 0.25) is 0 Å². The van der Waals surface area contributed by atoms with Crippen LogP contribution in [0.4, 0.5) is 20.2 Å². The summed E-state index contributed by atoms with van der Waals surface area (Å²) in [6.07, 6.45) is 1.90. The van der Waals surface area contributed by atoms with Gasteiger partial charge in [-0.3, -0.25) is 4.79 Å². The SMILES string of the molecule is CCN(CC(=O)N1CCCc2ccccc21)c1ccc(F)c(F)c1. The largest absolute Gasteiger partial charge is 0.362 e. The number of carbonyl (C=O) groups excluding carboxylic acids is 1. The summed E-state index contributed by atoms with van der Waals surface area (Å²) < 4.78 is 26.6. The molecule has 126 valence electrons. The van der Waals surface area contributed by atoms with Gasteiger partial charge in [0.25, 0.3) is 0 Å². The number of anilines is 2. The molecule has 0 bridgehead atoms. The fourth-order valence-electron chi connectivity index (χ4n) is 3.11. The van der Waals surface area contributed by atoms with Gasteiger partial charge in [0.15, 0.2) is 11.6 Å². The summed E-state index contributed by atoms with van der Waals surface area (Å²) in [5.74, 6) is -1.82. The van der Waals surface area contributed by atoms with Crippen LogP contribution in [-0.4, -0.2) is 25.5 Å². The molecule has 0 radical (unpaired) electrons. The minimum atomic E-state index is -0.901. The molecule has 5 heteroatoms. The van der Waals surface area contributed by atoms with E-state index in [2.05, 4.69) is 0 Å². The smallest absolute Gasteiger partial charge is 0.246 e. The molecule has 2 aromatic rings. The first-order valence-corrected chi connectivity index (χ1v) is 8.18. The third kappa shape index (κ3) is 3.25. The van der Waals surface area contributed by atoms with Gasteiger partial charge < -0.3 is 9.80 Å². The molecule has 0 aromatic heterocycles. The standard InChI is InChI=1S/C19H20F2N2O/c1-2-22(15-9-10-16(20)17(21)12-15)13-19(24)23-11-5-7-14-6-3-4-8-18(14)23/h3-4,6,8-10,12H,2,5,7,11,13H2,1H3. The predicted octanol–water partition coefficient (Wildman–Crippen LogP) is 3.77. The Kier molecular flexibility index (Phi) is 4.79. The average Bonchev–Trinajstić information content (AvgIpc) is 2.61. The zero-order valence-corrected chi connectivity index (χ0v) is 13.6. The first-order chi connectivity index (χ1) is 11.6. The van der Waals surface area contributed by atoms with Crippen LogP contribution in [0.5, 0.6) is 0 Å². The lowest BCUT2D eigenvalue weighted by Crippen LogP contribution is -2.43. The van der Waals surface area contributed by atoms with Crippen LogP contribution in [0.1, 0.15) is 18.9 Å². The Morgan fingerprint density at radius 2 is 1.96 bits per heavy atom. The number of hydrogen-bond acceptors (Lipinski definition) is 2. The Labute approximate surface area is 140 Å². The van der Waals surface area contributed by atoms with Crippen LogP contribution in [0.15, 0.2) is 42.5 Å². The Morgan fingerprint density at radius 3 is 2.71 bits per heavy atom. The van der Waals surface area contributed by atoms with Gasteiger partial charge in [-0.2, -0.15) is 0 Å². The lowest BCUT2D eigenvalue weighted by atomic mass is 10.0. The predicted molar refractivity (Wildman–Crippen MR) is 91.4 cm³/mol. The van der Waals surface area contributed by atoms with Crippen molar-refractivity contribution in [3.63, 3.8) is 0 Å². The number of halogens is 2. The zero-order valence-electron chi connectivity index (χ0n) is 13.6. The number of fused-ring (bicyclic) bond motifs is 1. The number of rotatable bonds is 4. The highest BCUT2D eigenvalue weighted by molar-refractivity contribution is 5.97. The third-order valence-electron chi connectivity index (χ3n) is 4.39. The van der Waals surface area contributed by atoms with Gasteiger partial charge >= 0.3 is 0 Å². The topological polar surface area (TPSA) is 23.6 Å². The van der Waals surface area contributed by atoms with E-state index < -0.39 is 11.6 Å². The van der Waals surface area contributed by atoms with Crippen molar-refractivity contribution in [2.24, 2.45) is 0 Å². The minimum absolute atomic E-state index is 0.0336. The normalized spacial score (nSPS) is 13.5. The number of para-hydroxylation sites is 1. The number of amides is 1. The Balaban J connectivity index is 1.79. The molecule has 1 heterocycles. The van der Waals surface area contributed by atoms with Crippen molar-refractivity contribution in [1.82, 2.24) is 0 Å². The second-order valence-corrected chi connectivity index (χ2v) is 5.89. The van der Waals surface area contributed by atoms with Crippen LogP contribution in [0, 0.1) is 11.6 Å². The molecule has 0 atom stereocenters. The molecule has 0 spiro atoms. The molecule has 1 aliphatic rings. The lowest BCUT2D eigenvalue weighted by molar-refractivity contribution is -0.117. The Hall–Kier alpha value is -2.43. The molecule has 0 saturated heterocycles. The highest BCUT2D eigenvalue weighted by atomic mass is 19.2. The molecule has 1 amide bonds. The number of carbonyl (C=O) groups is 1. The van der Waals surface area contributed by atoms with E-state index in [0.717, 1.165) is 30.7 Å². The molecule has 0 unspecified atom stereocenters. The lowest BCUT2D eigenvalue weighted by Gasteiger charge is -2.32. The molecule has 3 rings (SSSR count). The molecule has 0 saturated carbocycles. The summed E-state index contributed by atoms with van der Waals surface area (Å²) in [7, 11) is 0. The average molecular weight is 330 g/mol. The second kappa shape index (κ2) is 6.99. The van der Waals surface area contributed by atoms with Crippen molar-refractivity contribution in [2.75, 3.05) is 29.4 Å². The summed E-state index contributed by atoms with van der Waals surface area (Å²) in [4.78, 5) is 16.3. The molecule has 0 fully saturated rings. The van der Waals surface area contributed by atoms with E-state index in [-0.39, 0.29) is 12.5 Å². The second-order valence-electron chi connectivity index (χ2n) is 5.89. The molecule has 0 N–H and O–H groups in total. The number of benzene rings is 2. The molecule has 3 nitrogen and oxygen atoms in total. The summed E-state index contributed by atoms with van der Waals surface area (Å²) in [5.41, 5.74) is 2.64. The maximum atomic E-state index is 13.5. The molecular weight excluding hydrogens is 310 g/mol. The van der Waals surface area contributed by atoms with Gasteiger partial charge in [-0.05, 0) is 43.5 Å². The first-order valence-electron chi connectivity index (χ1n) is 8.18. The van der Waals surface area contributed by atoms with E-state index in [1.807, 2.05) is 31.2 Å². The van der Waals surface area contributed by atoms with Crippen LogP contribution in [0.3, 0.4) is 0 Å². The van der Waals surface area contributed by atoms with Gasteiger partial charge in [0.05, 0.1) is 6.54 Å². The van der Waals surface area contributed by atoms with E-state index in [0.29, 0.717) is 18.8 Å². The fraction of sp³-hybridized carbons (Fsp3) is 0.316. The van der Waals surface area contributed by atoms with E-state index in [1.165, 1.54) is 11.6 Å². The van der Waals surface area contributed by atoms with E-state index >= 15 is 0 Å². The first kappa shape index (κ1) is 16.4. The molecule has 24 heavy (non-hydrogen) atoms. The molecular formula is C19H20F2N2O. The van der Waals surface area contributed by atoms with Gasteiger partial charge in [0.1, 0.15) is 0 Å². The van der Waals surface area contributed by atoms with Crippen molar-refractivity contribution in [2.45, 2.75) is 19.8 Å². The molecule has 1 aliphatic heterocycles. The van der Waals surface area contributed by atoms with Crippen molar-refractivity contribution in [3.8, 4) is 0 Å². The van der Waals surface area contributed by atoms with Gasteiger partial charge in [-0.1, -0.05) is 18.2 Å². The van der Waals surface area contributed by atoms with E-state index in [4.69, 9.17) is 0 Å². The highest BCUT2D eigenvalue weighted by Gasteiger charge is 2.23. The van der Waals surface area contributed by atoms with Gasteiger partial charge in [-0.15, -0.1) is 0 Å². The van der Waals surface area contributed by atoms with Gasteiger partial charge in [-0.25, -0.2) is 8.78 Å². The summed E-state index contributed by atoms with van der Waals surface area (Å²) in [6.45, 7) is 3.24. The van der Waals surface area contributed by atoms with Crippen molar-refractivity contribution in [1.29, 1.82) is 0 Å². The summed E-state index contributed by atoms with van der Waals surface area (Å²) in [5, 5.41) is 0. The maximum Gasteiger partial charge on any atom is 0.246 e.